The van der Waals surface area contributed by atoms with E-state index in [-0.39, 0.29) is 0 Å². The number of hydrogen-bond acceptors (Lipinski definition) is 6. The number of hydrogen-bond donors (Lipinski definition) is 4. The minimum atomic E-state index is -1.15. The molecule has 6 heteroatoms. The van der Waals surface area contributed by atoms with Crippen LogP contribution in [0.2, 0.25) is 0 Å². The van der Waals surface area contributed by atoms with Crippen LogP contribution in [-0.4, -0.2) is 62.6 Å². The topological polar surface area (TPSA) is 90.2 Å². The van der Waals surface area contributed by atoms with Crippen LogP contribution in [0.5, 0.6) is 0 Å². The maximum atomic E-state index is 9.91. The van der Waals surface area contributed by atoms with Crippen LogP contribution in [0, 0.1) is 0 Å². The average Bonchev–Trinajstić information content (AvgIpc) is 2.81. The Hall–Kier alpha value is 0.150. The first-order chi connectivity index (χ1) is 10.6. The molecule has 22 heavy (non-hydrogen) atoms. The number of unbranched alkanes of at least 4 members (excludes halogenated alkanes) is 7. The van der Waals surface area contributed by atoms with Gasteiger partial charge in [0.25, 0.3) is 0 Å². The third-order valence-corrected chi connectivity index (χ3v) is 5.35. The highest BCUT2D eigenvalue weighted by Gasteiger charge is 2.45. The van der Waals surface area contributed by atoms with Crippen LogP contribution >= 0.6 is 11.8 Å². The second-order valence-corrected chi connectivity index (χ2v) is 7.25. The van der Waals surface area contributed by atoms with Crippen molar-refractivity contribution in [1.82, 2.24) is 0 Å². The molecule has 1 aliphatic heterocycles. The van der Waals surface area contributed by atoms with E-state index in [0.717, 1.165) is 12.2 Å². The fourth-order valence-electron chi connectivity index (χ4n) is 2.67. The summed E-state index contributed by atoms with van der Waals surface area (Å²) in [6.45, 7) is 1.74. The molecular formula is C16H32O5S. The molecular weight excluding hydrogens is 304 g/mol. The van der Waals surface area contributed by atoms with Crippen molar-refractivity contribution in [3.8, 4) is 0 Å². The summed E-state index contributed by atoms with van der Waals surface area (Å²) in [5.74, 6) is 0.866. The zero-order valence-corrected chi connectivity index (χ0v) is 14.4. The van der Waals surface area contributed by atoms with Gasteiger partial charge in [0.05, 0.1) is 6.61 Å². The van der Waals surface area contributed by atoms with Gasteiger partial charge in [-0.15, -0.1) is 11.8 Å². The van der Waals surface area contributed by atoms with E-state index in [9.17, 15) is 15.3 Å². The van der Waals surface area contributed by atoms with Gasteiger partial charge in [0.15, 0.2) is 0 Å². The van der Waals surface area contributed by atoms with Crippen molar-refractivity contribution >= 4 is 11.8 Å². The monoisotopic (exact) mass is 336 g/mol. The molecule has 0 aromatic carbocycles. The largest absolute Gasteiger partial charge is 0.394 e. The molecule has 5 atom stereocenters. The van der Waals surface area contributed by atoms with Gasteiger partial charge in [-0.2, -0.15) is 0 Å². The zero-order chi connectivity index (χ0) is 16.4. The highest BCUT2D eigenvalue weighted by molar-refractivity contribution is 7.99. The summed E-state index contributed by atoms with van der Waals surface area (Å²) in [5, 5.41) is 38.2. The fraction of sp³-hybridized carbons (Fsp3) is 1.00. The third kappa shape index (κ3) is 6.72. The lowest BCUT2D eigenvalue weighted by atomic mass is 10.1. The van der Waals surface area contributed by atoms with Crippen molar-refractivity contribution in [2.75, 3.05) is 12.4 Å². The Kier molecular flexibility index (Phi) is 10.7. The highest BCUT2D eigenvalue weighted by atomic mass is 32.2. The molecule has 5 nitrogen and oxygen atoms in total. The van der Waals surface area contributed by atoms with Crippen molar-refractivity contribution < 1.29 is 25.2 Å². The van der Waals surface area contributed by atoms with Gasteiger partial charge < -0.3 is 25.2 Å². The Morgan fingerprint density at radius 3 is 2.14 bits per heavy atom. The smallest absolute Gasteiger partial charge is 0.132 e. The van der Waals surface area contributed by atoms with Gasteiger partial charge in [0.1, 0.15) is 29.9 Å². The van der Waals surface area contributed by atoms with Gasteiger partial charge in [0, 0.05) is 0 Å². The van der Waals surface area contributed by atoms with Gasteiger partial charge in [-0.25, -0.2) is 0 Å². The summed E-state index contributed by atoms with van der Waals surface area (Å²) >= 11 is 1.47. The Labute approximate surface area is 138 Å². The van der Waals surface area contributed by atoms with E-state index in [4.69, 9.17) is 9.84 Å². The van der Waals surface area contributed by atoms with Crippen molar-refractivity contribution in [2.24, 2.45) is 0 Å². The van der Waals surface area contributed by atoms with E-state index in [1.54, 1.807) is 0 Å². The van der Waals surface area contributed by atoms with Crippen LogP contribution in [-0.2, 0) is 4.74 Å². The maximum Gasteiger partial charge on any atom is 0.132 e. The predicted octanol–water partition coefficient (Wildman–Crippen LogP) is 1.66. The van der Waals surface area contributed by atoms with Gasteiger partial charge in [0.2, 0.25) is 0 Å². The molecule has 0 spiro atoms. The lowest BCUT2D eigenvalue weighted by Crippen LogP contribution is -2.40. The standard InChI is InChI=1S/C16H32O5S/c1-2-3-4-5-6-7-8-9-10-22-16-14(20)13(19)15(21-16)12(18)11-17/h12-20H,2-11H2,1H3/t12-,13-,14-,15+,16+/m1/s1. The van der Waals surface area contributed by atoms with Crippen LogP contribution in [0.3, 0.4) is 0 Å². The van der Waals surface area contributed by atoms with Gasteiger partial charge >= 0.3 is 0 Å². The molecule has 0 bridgehead atoms. The molecule has 0 aromatic rings. The lowest BCUT2D eigenvalue weighted by Gasteiger charge is -2.18. The number of thioether (sulfide) groups is 1. The first-order valence-corrected chi connectivity index (χ1v) is 9.58. The molecule has 1 saturated heterocycles. The minimum Gasteiger partial charge on any atom is -0.394 e. The molecule has 1 aliphatic rings. The van der Waals surface area contributed by atoms with E-state index in [1.165, 1.54) is 56.7 Å². The molecule has 0 saturated carbocycles. The van der Waals surface area contributed by atoms with Crippen LogP contribution < -0.4 is 0 Å². The predicted molar refractivity (Wildman–Crippen MR) is 88.8 cm³/mol. The molecule has 1 fully saturated rings. The Bertz CT molecular complexity index is 279. The molecule has 1 rings (SSSR count). The third-order valence-electron chi connectivity index (χ3n) is 4.10. The summed E-state index contributed by atoms with van der Waals surface area (Å²) in [6, 6.07) is 0. The summed E-state index contributed by atoms with van der Waals surface area (Å²) in [4.78, 5) is 0. The molecule has 0 aromatic heterocycles. The van der Waals surface area contributed by atoms with Gasteiger partial charge in [-0.3, -0.25) is 0 Å². The fourth-order valence-corrected chi connectivity index (χ4v) is 3.83. The Morgan fingerprint density at radius 2 is 1.55 bits per heavy atom. The van der Waals surface area contributed by atoms with Crippen molar-refractivity contribution in [3.63, 3.8) is 0 Å². The number of rotatable bonds is 12. The molecule has 1 heterocycles. The first kappa shape index (κ1) is 20.2. The summed E-state index contributed by atoms with van der Waals surface area (Å²) in [5.41, 5.74) is -0.522. The zero-order valence-electron chi connectivity index (χ0n) is 13.6. The molecule has 4 N–H and O–H groups in total. The van der Waals surface area contributed by atoms with Crippen LogP contribution in [0.1, 0.15) is 58.3 Å². The maximum absolute atomic E-state index is 9.91. The van der Waals surface area contributed by atoms with E-state index < -0.39 is 36.5 Å². The Morgan fingerprint density at radius 1 is 0.955 bits per heavy atom. The lowest BCUT2D eigenvalue weighted by molar-refractivity contribution is -0.0713. The van der Waals surface area contributed by atoms with Gasteiger partial charge in [-0.05, 0) is 12.2 Å². The highest BCUT2D eigenvalue weighted by Crippen LogP contribution is 2.31. The molecule has 0 unspecified atom stereocenters. The summed E-state index contributed by atoms with van der Waals surface area (Å²) in [7, 11) is 0. The van der Waals surface area contributed by atoms with E-state index >= 15 is 0 Å². The molecule has 132 valence electrons. The van der Waals surface area contributed by atoms with Crippen LogP contribution in [0.25, 0.3) is 0 Å². The van der Waals surface area contributed by atoms with E-state index in [2.05, 4.69) is 6.92 Å². The summed E-state index contributed by atoms with van der Waals surface area (Å²) < 4.78 is 5.46. The number of ether oxygens (including phenoxy) is 1. The average molecular weight is 336 g/mol. The van der Waals surface area contributed by atoms with Crippen molar-refractivity contribution in [1.29, 1.82) is 0 Å². The van der Waals surface area contributed by atoms with Crippen LogP contribution in [0.4, 0.5) is 0 Å². The molecule has 0 radical (unpaired) electrons. The van der Waals surface area contributed by atoms with Crippen molar-refractivity contribution in [2.45, 2.75) is 88.1 Å². The SMILES string of the molecule is CCCCCCCCCCS[C@@H]1O[C@@H]([C@H](O)CO)[C@H](O)[C@H]1O. The van der Waals surface area contributed by atoms with Crippen LogP contribution in [0.15, 0.2) is 0 Å². The molecule has 0 aliphatic carbocycles. The quantitative estimate of drug-likeness (QED) is 0.405. The number of aliphatic hydroxyl groups excluding tert-OH is 4. The minimum absolute atomic E-state index is 0.482. The van der Waals surface area contributed by atoms with Crippen molar-refractivity contribution in [3.05, 3.63) is 0 Å². The number of aliphatic hydroxyl groups is 4. The normalized spacial score (nSPS) is 29.9. The molecule has 0 amide bonds. The van der Waals surface area contributed by atoms with Gasteiger partial charge in [-0.1, -0.05) is 51.9 Å². The second kappa shape index (κ2) is 11.6. The second-order valence-electron chi connectivity index (χ2n) is 6.05. The Balaban J connectivity index is 2.07. The first-order valence-electron chi connectivity index (χ1n) is 8.54. The van der Waals surface area contributed by atoms with E-state index in [1.807, 2.05) is 0 Å². The van der Waals surface area contributed by atoms with E-state index in [0.29, 0.717) is 0 Å². The summed E-state index contributed by atoms with van der Waals surface area (Å²) in [6.07, 6.45) is 5.81.